The molecule has 2 aromatic rings. The molecule has 0 radical (unpaired) electrons. The third kappa shape index (κ3) is 5.65. The molecule has 0 aliphatic carbocycles. The maximum atomic E-state index is 12.5. The lowest BCUT2D eigenvalue weighted by Gasteiger charge is -2.34. The second kappa shape index (κ2) is 9.67. The average molecular weight is 414 g/mol. The molecule has 1 fully saturated rings. The Morgan fingerprint density at radius 3 is 2.31 bits per heavy atom. The third-order valence-corrected chi connectivity index (χ3v) is 5.34. The van der Waals surface area contributed by atoms with E-state index in [1.165, 1.54) is 6.92 Å². The molecule has 6 nitrogen and oxygen atoms in total. The number of carbonyl (C=O) groups excluding carboxylic acids is 3. The number of amides is 2. The molecule has 1 N–H and O–H groups in total. The summed E-state index contributed by atoms with van der Waals surface area (Å²) in [4.78, 5) is 40.4. The minimum atomic E-state index is -0.172. The first-order chi connectivity index (χ1) is 13.9. The summed E-state index contributed by atoms with van der Waals surface area (Å²) in [6.07, 6.45) is 0.280. The Hall–Kier alpha value is -2.70. The van der Waals surface area contributed by atoms with E-state index in [2.05, 4.69) is 5.32 Å². The van der Waals surface area contributed by atoms with Gasteiger partial charge in [-0.3, -0.25) is 19.3 Å². The SMILES string of the molecule is CC(=O)c1ccccc1NC(=O)CN1CCN(C(=O)Cc2ccccc2Cl)CC1. The largest absolute Gasteiger partial charge is 0.340 e. The summed E-state index contributed by atoms with van der Waals surface area (Å²) in [5, 5.41) is 3.41. The summed E-state index contributed by atoms with van der Waals surface area (Å²) in [6, 6.07) is 14.3. The first kappa shape index (κ1) is 21.0. The lowest BCUT2D eigenvalue weighted by atomic mass is 10.1. The number of nitrogens with zero attached hydrogens (tertiary/aromatic N) is 2. The topological polar surface area (TPSA) is 69.7 Å². The van der Waals surface area contributed by atoms with Gasteiger partial charge in [0.15, 0.2) is 5.78 Å². The second-order valence-corrected chi connectivity index (χ2v) is 7.48. The molecule has 2 amide bonds. The Labute approximate surface area is 175 Å². The molecule has 0 aromatic heterocycles. The second-order valence-electron chi connectivity index (χ2n) is 7.08. The van der Waals surface area contributed by atoms with Crippen LogP contribution >= 0.6 is 11.6 Å². The Kier molecular flexibility index (Phi) is 7.01. The van der Waals surface area contributed by atoms with Gasteiger partial charge in [0.2, 0.25) is 11.8 Å². The van der Waals surface area contributed by atoms with Gasteiger partial charge in [-0.25, -0.2) is 0 Å². The molecule has 0 saturated carbocycles. The fraction of sp³-hybridized carbons (Fsp3) is 0.318. The number of rotatable bonds is 6. The van der Waals surface area contributed by atoms with Gasteiger partial charge in [0.1, 0.15) is 0 Å². The molecule has 0 bridgehead atoms. The van der Waals surface area contributed by atoms with Crippen LogP contribution in [-0.2, 0) is 16.0 Å². The molecule has 152 valence electrons. The molecule has 2 aromatic carbocycles. The minimum absolute atomic E-state index is 0.0394. The van der Waals surface area contributed by atoms with Crippen LogP contribution in [-0.4, -0.2) is 60.1 Å². The van der Waals surface area contributed by atoms with Crippen LogP contribution in [0.15, 0.2) is 48.5 Å². The Morgan fingerprint density at radius 1 is 0.966 bits per heavy atom. The van der Waals surface area contributed by atoms with Gasteiger partial charge in [-0.2, -0.15) is 0 Å². The van der Waals surface area contributed by atoms with Crippen LogP contribution in [0.3, 0.4) is 0 Å². The summed E-state index contributed by atoms with van der Waals surface area (Å²) >= 11 is 6.14. The van der Waals surface area contributed by atoms with Crippen molar-refractivity contribution in [1.82, 2.24) is 9.80 Å². The molecule has 1 saturated heterocycles. The summed E-state index contributed by atoms with van der Waals surface area (Å²) < 4.78 is 0. The van der Waals surface area contributed by atoms with Crippen molar-refractivity contribution in [2.45, 2.75) is 13.3 Å². The van der Waals surface area contributed by atoms with E-state index in [9.17, 15) is 14.4 Å². The fourth-order valence-corrected chi connectivity index (χ4v) is 3.57. The maximum Gasteiger partial charge on any atom is 0.238 e. The summed E-state index contributed by atoms with van der Waals surface area (Å²) in [5.41, 5.74) is 1.85. The average Bonchev–Trinajstić information content (AvgIpc) is 2.70. The van der Waals surface area contributed by atoms with E-state index in [1.54, 1.807) is 30.3 Å². The quantitative estimate of drug-likeness (QED) is 0.739. The molecule has 1 aliphatic heterocycles. The smallest absolute Gasteiger partial charge is 0.238 e. The van der Waals surface area contributed by atoms with Crippen LogP contribution in [0, 0.1) is 0 Å². The van der Waals surface area contributed by atoms with Crippen molar-refractivity contribution < 1.29 is 14.4 Å². The highest BCUT2D eigenvalue weighted by Crippen LogP contribution is 2.17. The van der Waals surface area contributed by atoms with Crippen molar-refractivity contribution in [3.63, 3.8) is 0 Å². The first-order valence-electron chi connectivity index (χ1n) is 9.57. The predicted octanol–water partition coefficient (Wildman–Crippen LogP) is 2.87. The standard InChI is InChI=1S/C22H24ClN3O3/c1-16(27)18-7-3-5-9-20(18)24-21(28)15-25-10-12-26(13-11-25)22(29)14-17-6-2-4-8-19(17)23/h2-9H,10-15H2,1H3,(H,24,28). The lowest BCUT2D eigenvalue weighted by molar-refractivity contribution is -0.132. The van der Waals surface area contributed by atoms with E-state index in [4.69, 9.17) is 11.6 Å². The molecule has 3 rings (SSSR count). The van der Waals surface area contributed by atoms with E-state index >= 15 is 0 Å². The summed E-state index contributed by atoms with van der Waals surface area (Å²) in [5.74, 6) is -0.223. The van der Waals surface area contributed by atoms with E-state index in [0.29, 0.717) is 42.5 Å². The lowest BCUT2D eigenvalue weighted by Crippen LogP contribution is -2.50. The van der Waals surface area contributed by atoms with Gasteiger partial charge in [-0.1, -0.05) is 41.9 Å². The number of carbonyl (C=O) groups is 3. The van der Waals surface area contributed by atoms with Crippen molar-refractivity contribution in [2.24, 2.45) is 0 Å². The van der Waals surface area contributed by atoms with Crippen LogP contribution in [0.25, 0.3) is 0 Å². The van der Waals surface area contributed by atoms with Crippen molar-refractivity contribution in [3.05, 3.63) is 64.7 Å². The molecule has 1 aliphatic rings. The van der Waals surface area contributed by atoms with Crippen LogP contribution in [0.1, 0.15) is 22.8 Å². The highest BCUT2D eigenvalue weighted by Gasteiger charge is 2.23. The summed E-state index contributed by atoms with van der Waals surface area (Å²) in [7, 11) is 0. The van der Waals surface area contributed by atoms with E-state index in [1.807, 2.05) is 28.0 Å². The van der Waals surface area contributed by atoms with Crippen LogP contribution < -0.4 is 5.32 Å². The molecular weight excluding hydrogens is 390 g/mol. The number of anilines is 1. The number of hydrogen-bond donors (Lipinski definition) is 1. The first-order valence-corrected chi connectivity index (χ1v) is 9.95. The number of para-hydroxylation sites is 1. The van der Waals surface area contributed by atoms with Gasteiger partial charge in [0, 0.05) is 36.8 Å². The van der Waals surface area contributed by atoms with Gasteiger partial charge in [-0.05, 0) is 30.7 Å². The number of Topliss-reactive ketones (excluding diaryl/α,β-unsaturated/α-hetero) is 1. The summed E-state index contributed by atoms with van der Waals surface area (Å²) in [6.45, 7) is 4.08. The highest BCUT2D eigenvalue weighted by molar-refractivity contribution is 6.31. The van der Waals surface area contributed by atoms with Crippen molar-refractivity contribution in [2.75, 3.05) is 38.0 Å². The third-order valence-electron chi connectivity index (χ3n) is 4.97. The number of hydrogen-bond acceptors (Lipinski definition) is 4. The fourth-order valence-electron chi connectivity index (χ4n) is 3.36. The zero-order valence-electron chi connectivity index (χ0n) is 16.4. The zero-order chi connectivity index (χ0) is 20.8. The van der Waals surface area contributed by atoms with Crippen LogP contribution in [0.2, 0.25) is 5.02 Å². The maximum absolute atomic E-state index is 12.5. The van der Waals surface area contributed by atoms with Crippen LogP contribution in [0.5, 0.6) is 0 Å². The predicted molar refractivity (Wildman–Crippen MR) is 113 cm³/mol. The number of nitrogens with one attached hydrogen (secondary N) is 1. The molecule has 29 heavy (non-hydrogen) atoms. The van der Waals surface area contributed by atoms with Gasteiger partial charge in [0.05, 0.1) is 18.7 Å². The minimum Gasteiger partial charge on any atom is -0.340 e. The number of benzene rings is 2. The zero-order valence-corrected chi connectivity index (χ0v) is 17.1. The van der Waals surface area contributed by atoms with E-state index in [-0.39, 0.29) is 30.6 Å². The number of halogens is 1. The van der Waals surface area contributed by atoms with Gasteiger partial charge < -0.3 is 10.2 Å². The molecule has 0 unspecified atom stereocenters. The molecular formula is C22H24ClN3O3. The number of ketones is 1. The van der Waals surface area contributed by atoms with Gasteiger partial charge in [-0.15, -0.1) is 0 Å². The van der Waals surface area contributed by atoms with Crippen molar-refractivity contribution in [1.29, 1.82) is 0 Å². The Balaban J connectivity index is 1.48. The Bertz CT molecular complexity index is 908. The van der Waals surface area contributed by atoms with E-state index < -0.39 is 0 Å². The molecule has 0 atom stereocenters. The van der Waals surface area contributed by atoms with Gasteiger partial charge >= 0.3 is 0 Å². The van der Waals surface area contributed by atoms with E-state index in [0.717, 1.165) is 5.56 Å². The molecule has 1 heterocycles. The molecule has 7 heteroatoms. The van der Waals surface area contributed by atoms with Gasteiger partial charge in [0.25, 0.3) is 0 Å². The van der Waals surface area contributed by atoms with Crippen molar-refractivity contribution >= 4 is 34.9 Å². The highest BCUT2D eigenvalue weighted by atomic mass is 35.5. The van der Waals surface area contributed by atoms with Crippen LogP contribution in [0.4, 0.5) is 5.69 Å². The normalized spacial score (nSPS) is 14.5. The Morgan fingerprint density at radius 2 is 1.62 bits per heavy atom. The number of piperazine rings is 1. The molecule has 0 spiro atoms. The monoisotopic (exact) mass is 413 g/mol. The van der Waals surface area contributed by atoms with Crippen molar-refractivity contribution in [3.8, 4) is 0 Å².